The van der Waals surface area contributed by atoms with Crippen molar-refractivity contribution < 1.29 is 9.18 Å². The normalized spacial score (nSPS) is 10.8. The molecule has 0 radical (unpaired) electrons. The highest BCUT2D eigenvalue weighted by Crippen LogP contribution is 2.24. The summed E-state index contributed by atoms with van der Waals surface area (Å²) in [4.78, 5) is 17.0. The van der Waals surface area contributed by atoms with Gasteiger partial charge in [-0.2, -0.15) is 0 Å². The van der Waals surface area contributed by atoms with Crippen molar-refractivity contribution in [1.29, 1.82) is 0 Å². The molecule has 0 aliphatic rings. The molecule has 0 saturated carbocycles. The molecule has 0 saturated heterocycles. The molecule has 3 aromatic carbocycles. The van der Waals surface area contributed by atoms with Gasteiger partial charge in [0.05, 0.1) is 11.0 Å². The molecule has 0 fully saturated rings. The number of imidazole rings is 1. The Morgan fingerprint density at radius 2 is 1.72 bits per heavy atom. The molecule has 4 rings (SSSR count). The van der Waals surface area contributed by atoms with Crippen LogP contribution in [0.3, 0.4) is 0 Å². The zero-order valence-corrected chi connectivity index (χ0v) is 16.0. The summed E-state index contributed by atoms with van der Waals surface area (Å²) in [5, 5.41) is 5.75. The number of benzene rings is 3. The fourth-order valence-electron chi connectivity index (χ4n) is 3.28. The predicted octanol–water partition coefficient (Wildman–Crippen LogP) is 4.97. The van der Waals surface area contributed by atoms with Gasteiger partial charge in [-0.05, 0) is 55.0 Å². The van der Waals surface area contributed by atoms with Gasteiger partial charge in [-0.15, -0.1) is 0 Å². The number of amides is 2. The Bertz CT molecular complexity index is 1150. The summed E-state index contributed by atoms with van der Waals surface area (Å²) in [6.45, 7) is 2.91. The second-order valence-corrected chi connectivity index (χ2v) is 6.78. The van der Waals surface area contributed by atoms with E-state index in [-0.39, 0.29) is 11.8 Å². The van der Waals surface area contributed by atoms with Crippen molar-refractivity contribution >= 4 is 22.8 Å². The van der Waals surface area contributed by atoms with Gasteiger partial charge >= 0.3 is 6.03 Å². The lowest BCUT2D eigenvalue weighted by Crippen LogP contribution is -2.31. The number of nitrogens with one attached hydrogen (secondary N) is 2. The van der Waals surface area contributed by atoms with Crippen LogP contribution in [0.1, 0.15) is 5.56 Å². The van der Waals surface area contributed by atoms with Gasteiger partial charge in [0.2, 0.25) is 0 Å². The largest absolute Gasteiger partial charge is 0.336 e. The molecule has 0 spiro atoms. The Kier molecular flexibility index (Phi) is 5.24. The molecule has 0 bridgehead atoms. The number of rotatable bonds is 5. The average Bonchev–Trinajstić information content (AvgIpc) is 3.09. The number of anilines is 1. The van der Waals surface area contributed by atoms with Gasteiger partial charge in [0.25, 0.3) is 0 Å². The van der Waals surface area contributed by atoms with E-state index in [0.29, 0.717) is 13.1 Å². The zero-order chi connectivity index (χ0) is 20.2. The first kappa shape index (κ1) is 18.7. The van der Waals surface area contributed by atoms with Gasteiger partial charge in [-0.3, -0.25) is 0 Å². The zero-order valence-electron chi connectivity index (χ0n) is 16.0. The van der Waals surface area contributed by atoms with Crippen LogP contribution >= 0.6 is 0 Å². The molecule has 2 N–H and O–H groups in total. The molecule has 0 aliphatic carbocycles. The van der Waals surface area contributed by atoms with Crippen molar-refractivity contribution in [3.8, 4) is 11.4 Å². The molecule has 0 atom stereocenters. The Labute approximate surface area is 168 Å². The van der Waals surface area contributed by atoms with Crippen LogP contribution in [0.4, 0.5) is 14.9 Å². The maximum absolute atomic E-state index is 13.3. The van der Waals surface area contributed by atoms with Gasteiger partial charge in [-0.25, -0.2) is 14.2 Å². The lowest BCUT2D eigenvalue weighted by molar-refractivity contribution is 0.251. The number of fused-ring (bicyclic) bond motifs is 1. The maximum atomic E-state index is 13.3. The second kappa shape index (κ2) is 8.14. The van der Waals surface area contributed by atoms with E-state index in [1.165, 1.54) is 12.1 Å². The molecule has 146 valence electrons. The number of hydrogen-bond acceptors (Lipinski definition) is 2. The number of nitrogens with zero attached hydrogens (tertiary/aromatic N) is 2. The first-order valence-corrected chi connectivity index (χ1v) is 9.43. The smallest absolute Gasteiger partial charge is 0.319 e. The molecule has 5 nitrogen and oxygen atoms in total. The first-order valence-electron chi connectivity index (χ1n) is 9.43. The third-order valence-corrected chi connectivity index (χ3v) is 4.77. The Morgan fingerprint density at radius 3 is 2.52 bits per heavy atom. The molecule has 0 aliphatic heterocycles. The number of aryl methyl sites for hydroxylation is 1. The predicted molar refractivity (Wildman–Crippen MR) is 113 cm³/mol. The van der Waals surface area contributed by atoms with E-state index in [0.717, 1.165) is 33.7 Å². The molecule has 0 unspecified atom stereocenters. The van der Waals surface area contributed by atoms with E-state index >= 15 is 0 Å². The van der Waals surface area contributed by atoms with E-state index in [1.807, 2.05) is 60.0 Å². The van der Waals surface area contributed by atoms with Crippen LogP contribution in [0, 0.1) is 12.7 Å². The van der Waals surface area contributed by atoms with Crippen molar-refractivity contribution in [3.05, 3.63) is 84.2 Å². The maximum Gasteiger partial charge on any atom is 0.319 e. The fraction of sp³-hybridized carbons (Fsp3) is 0.130. The number of hydrogen-bond donors (Lipinski definition) is 2. The second-order valence-electron chi connectivity index (χ2n) is 6.78. The molecule has 29 heavy (non-hydrogen) atoms. The Morgan fingerprint density at radius 1 is 1.00 bits per heavy atom. The first-order chi connectivity index (χ1) is 14.1. The van der Waals surface area contributed by atoms with Crippen molar-refractivity contribution in [3.63, 3.8) is 0 Å². The number of urea groups is 1. The molecule has 1 aromatic heterocycles. The van der Waals surface area contributed by atoms with E-state index in [9.17, 15) is 9.18 Å². The van der Waals surface area contributed by atoms with Crippen LogP contribution < -0.4 is 10.6 Å². The number of carbonyl (C=O) groups excluding carboxylic acids is 1. The SMILES string of the molecule is Cc1ccccc1NC(=O)NCCn1c(-c2ccc(F)cc2)nc2ccccc21. The summed E-state index contributed by atoms with van der Waals surface area (Å²) in [6.07, 6.45) is 0. The minimum absolute atomic E-state index is 0.257. The van der Waals surface area contributed by atoms with Crippen molar-refractivity contribution in [2.24, 2.45) is 0 Å². The molecule has 1 heterocycles. The van der Waals surface area contributed by atoms with Crippen molar-refractivity contribution in [2.45, 2.75) is 13.5 Å². The van der Waals surface area contributed by atoms with Gasteiger partial charge in [0, 0.05) is 24.3 Å². The van der Waals surface area contributed by atoms with Crippen LogP contribution in [-0.4, -0.2) is 22.1 Å². The standard InChI is InChI=1S/C23H21FN4O/c1-16-6-2-3-7-19(16)27-23(29)25-14-15-28-21-9-5-4-8-20(21)26-22(28)17-10-12-18(24)13-11-17/h2-13H,14-15H2,1H3,(H2,25,27,29). The molecular formula is C23H21FN4O. The number of aromatic nitrogens is 2. The molecule has 2 amide bonds. The van der Waals surface area contributed by atoms with Crippen LogP contribution in [0.5, 0.6) is 0 Å². The van der Waals surface area contributed by atoms with E-state index < -0.39 is 0 Å². The summed E-state index contributed by atoms with van der Waals surface area (Å²) in [5.74, 6) is 0.457. The van der Waals surface area contributed by atoms with Gasteiger partial charge in [0.1, 0.15) is 11.6 Å². The van der Waals surface area contributed by atoms with Gasteiger partial charge in [0.15, 0.2) is 0 Å². The summed E-state index contributed by atoms with van der Waals surface area (Å²) < 4.78 is 15.4. The Balaban J connectivity index is 1.51. The van der Waals surface area contributed by atoms with E-state index in [1.54, 1.807) is 12.1 Å². The fourth-order valence-corrected chi connectivity index (χ4v) is 3.28. The third-order valence-electron chi connectivity index (χ3n) is 4.77. The summed E-state index contributed by atoms with van der Waals surface area (Å²) in [6, 6.07) is 21.5. The minimum atomic E-state index is -0.286. The molecule has 6 heteroatoms. The summed E-state index contributed by atoms with van der Waals surface area (Å²) in [5.41, 5.74) is 4.43. The summed E-state index contributed by atoms with van der Waals surface area (Å²) in [7, 11) is 0. The topological polar surface area (TPSA) is 59.0 Å². The lowest BCUT2D eigenvalue weighted by atomic mass is 10.2. The highest BCUT2D eigenvalue weighted by atomic mass is 19.1. The highest BCUT2D eigenvalue weighted by molar-refractivity contribution is 5.90. The third kappa shape index (κ3) is 4.11. The van der Waals surface area contributed by atoms with E-state index in [2.05, 4.69) is 10.6 Å². The van der Waals surface area contributed by atoms with Crippen LogP contribution in [-0.2, 0) is 6.54 Å². The monoisotopic (exact) mass is 388 g/mol. The number of halogens is 1. The average molecular weight is 388 g/mol. The minimum Gasteiger partial charge on any atom is -0.336 e. The van der Waals surface area contributed by atoms with Gasteiger partial charge in [-0.1, -0.05) is 30.3 Å². The molecule has 4 aromatic rings. The number of carbonyl (C=O) groups is 1. The van der Waals surface area contributed by atoms with Gasteiger partial charge < -0.3 is 15.2 Å². The molecular weight excluding hydrogens is 367 g/mol. The highest BCUT2D eigenvalue weighted by Gasteiger charge is 2.13. The van der Waals surface area contributed by atoms with Crippen molar-refractivity contribution in [2.75, 3.05) is 11.9 Å². The van der Waals surface area contributed by atoms with Crippen molar-refractivity contribution in [1.82, 2.24) is 14.9 Å². The lowest BCUT2D eigenvalue weighted by Gasteiger charge is -2.12. The number of para-hydroxylation sites is 3. The quantitative estimate of drug-likeness (QED) is 0.507. The Hall–Kier alpha value is -3.67. The van der Waals surface area contributed by atoms with Crippen LogP contribution in [0.15, 0.2) is 72.8 Å². The van der Waals surface area contributed by atoms with Crippen LogP contribution in [0.25, 0.3) is 22.4 Å². The summed E-state index contributed by atoms with van der Waals surface area (Å²) >= 11 is 0. The van der Waals surface area contributed by atoms with Crippen LogP contribution in [0.2, 0.25) is 0 Å². The van der Waals surface area contributed by atoms with E-state index in [4.69, 9.17) is 4.98 Å².